The maximum atomic E-state index is 10.6. The van der Waals surface area contributed by atoms with Gasteiger partial charge in [-0.25, -0.2) is 0 Å². The standard InChI is InChI=1S/C7H7ClN2O.C2H6/c1-4-6(8)2-5(3-10-4)7(9)11;1-2/h2-3H,1H3,(H2,9,11);1-2H3. The van der Waals surface area contributed by atoms with Crippen molar-refractivity contribution >= 4 is 17.5 Å². The molecule has 0 aliphatic heterocycles. The van der Waals surface area contributed by atoms with Gasteiger partial charge in [0.2, 0.25) is 5.91 Å². The SMILES string of the molecule is CC.Cc1ncc(C(N)=O)cc1Cl. The second-order valence-corrected chi connectivity index (χ2v) is 2.56. The third kappa shape index (κ3) is 3.42. The zero-order chi connectivity index (χ0) is 10.4. The van der Waals surface area contributed by atoms with Crippen LogP contribution in [0.1, 0.15) is 29.9 Å². The molecule has 1 heterocycles. The highest BCUT2D eigenvalue weighted by Gasteiger charge is 2.02. The minimum absolute atomic E-state index is 0.334. The highest BCUT2D eigenvalue weighted by Crippen LogP contribution is 2.13. The van der Waals surface area contributed by atoms with Crippen molar-refractivity contribution in [2.24, 2.45) is 5.73 Å². The van der Waals surface area contributed by atoms with Crippen molar-refractivity contribution in [1.82, 2.24) is 4.98 Å². The van der Waals surface area contributed by atoms with Gasteiger partial charge in [-0.2, -0.15) is 0 Å². The van der Waals surface area contributed by atoms with Crippen LogP contribution in [0, 0.1) is 6.92 Å². The summed E-state index contributed by atoms with van der Waals surface area (Å²) in [6.07, 6.45) is 1.41. The van der Waals surface area contributed by atoms with E-state index in [-0.39, 0.29) is 0 Å². The first-order valence-corrected chi connectivity index (χ1v) is 4.41. The summed E-state index contributed by atoms with van der Waals surface area (Å²) in [5, 5.41) is 0.460. The third-order valence-electron chi connectivity index (χ3n) is 1.31. The predicted molar refractivity (Wildman–Crippen MR) is 53.8 cm³/mol. The predicted octanol–water partition coefficient (Wildman–Crippen LogP) is 2.17. The number of carbonyl (C=O) groups excluding carboxylic acids is 1. The number of amides is 1. The highest BCUT2D eigenvalue weighted by molar-refractivity contribution is 6.31. The Morgan fingerprint density at radius 3 is 2.46 bits per heavy atom. The lowest BCUT2D eigenvalue weighted by atomic mass is 10.2. The largest absolute Gasteiger partial charge is 0.366 e. The summed E-state index contributed by atoms with van der Waals surface area (Å²) in [7, 11) is 0. The van der Waals surface area contributed by atoms with Gasteiger partial charge in [-0.3, -0.25) is 9.78 Å². The molecule has 1 aromatic heterocycles. The van der Waals surface area contributed by atoms with Crippen molar-refractivity contribution in [2.75, 3.05) is 0 Å². The number of nitrogens with zero attached hydrogens (tertiary/aromatic N) is 1. The maximum Gasteiger partial charge on any atom is 0.250 e. The minimum Gasteiger partial charge on any atom is -0.366 e. The third-order valence-corrected chi connectivity index (χ3v) is 1.69. The van der Waals surface area contributed by atoms with E-state index in [9.17, 15) is 4.79 Å². The molecule has 0 saturated carbocycles. The molecule has 0 aliphatic rings. The number of halogens is 1. The first-order chi connectivity index (χ1) is 6.11. The van der Waals surface area contributed by atoms with E-state index in [4.69, 9.17) is 17.3 Å². The Morgan fingerprint density at radius 1 is 1.54 bits per heavy atom. The van der Waals surface area contributed by atoms with Crippen molar-refractivity contribution in [3.05, 3.63) is 28.5 Å². The number of hydrogen-bond donors (Lipinski definition) is 1. The monoisotopic (exact) mass is 200 g/mol. The Hall–Kier alpha value is -1.09. The molecule has 0 unspecified atom stereocenters. The molecule has 0 fully saturated rings. The number of hydrogen-bond acceptors (Lipinski definition) is 2. The van der Waals surface area contributed by atoms with Crippen LogP contribution in [0.15, 0.2) is 12.3 Å². The number of aromatic nitrogens is 1. The summed E-state index contributed by atoms with van der Waals surface area (Å²) >= 11 is 5.69. The normalized spacial score (nSPS) is 8.62. The van der Waals surface area contributed by atoms with E-state index in [1.807, 2.05) is 13.8 Å². The van der Waals surface area contributed by atoms with Crippen LogP contribution >= 0.6 is 11.6 Å². The molecular formula is C9H13ClN2O. The summed E-state index contributed by atoms with van der Waals surface area (Å²) in [4.78, 5) is 14.5. The lowest BCUT2D eigenvalue weighted by molar-refractivity contribution is 0.1000. The van der Waals surface area contributed by atoms with Crippen LogP contribution in [0.3, 0.4) is 0 Å². The van der Waals surface area contributed by atoms with E-state index in [1.54, 1.807) is 6.92 Å². The number of rotatable bonds is 1. The van der Waals surface area contributed by atoms with E-state index in [0.717, 1.165) is 0 Å². The fourth-order valence-electron chi connectivity index (χ4n) is 0.641. The zero-order valence-electron chi connectivity index (χ0n) is 7.97. The van der Waals surface area contributed by atoms with Gasteiger partial charge < -0.3 is 5.73 Å². The summed E-state index contributed by atoms with van der Waals surface area (Å²) < 4.78 is 0. The number of nitrogens with two attached hydrogens (primary N) is 1. The first-order valence-electron chi connectivity index (χ1n) is 4.03. The van der Waals surface area contributed by atoms with Crippen LogP contribution < -0.4 is 5.73 Å². The van der Waals surface area contributed by atoms with Crippen LogP contribution in [0.5, 0.6) is 0 Å². The summed E-state index contributed by atoms with van der Waals surface area (Å²) in [6, 6.07) is 1.51. The van der Waals surface area contributed by atoms with Gasteiger partial charge in [-0.1, -0.05) is 25.4 Å². The van der Waals surface area contributed by atoms with Gasteiger partial charge in [0.15, 0.2) is 0 Å². The molecule has 1 amide bonds. The molecule has 0 radical (unpaired) electrons. The molecule has 1 rings (SSSR count). The smallest absolute Gasteiger partial charge is 0.250 e. The van der Waals surface area contributed by atoms with E-state index in [0.29, 0.717) is 16.3 Å². The van der Waals surface area contributed by atoms with E-state index in [1.165, 1.54) is 12.3 Å². The minimum atomic E-state index is -0.514. The number of pyridine rings is 1. The van der Waals surface area contributed by atoms with Gasteiger partial charge in [0.1, 0.15) is 0 Å². The van der Waals surface area contributed by atoms with Crippen LogP contribution in [0.4, 0.5) is 0 Å². The van der Waals surface area contributed by atoms with Crippen molar-refractivity contribution in [3.8, 4) is 0 Å². The number of primary amides is 1. The molecule has 3 nitrogen and oxygen atoms in total. The Labute approximate surface area is 82.9 Å². The van der Waals surface area contributed by atoms with E-state index in [2.05, 4.69) is 4.98 Å². The second kappa shape index (κ2) is 5.54. The van der Waals surface area contributed by atoms with E-state index < -0.39 is 5.91 Å². The van der Waals surface area contributed by atoms with Gasteiger partial charge in [-0.15, -0.1) is 0 Å². The highest BCUT2D eigenvalue weighted by atomic mass is 35.5. The topological polar surface area (TPSA) is 56.0 Å². The van der Waals surface area contributed by atoms with Crippen LogP contribution in [-0.2, 0) is 0 Å². The van der Waals surface area contributed by atoms with Gasteiger partial charge in [0, 0.05) is 6.20 Å². The van der Waals surface area contributed by atoms with Crippen molar-refractivity contribution in [2.45, 2.75) is 20.8 Å². The van der Waals surface area contributed by atoms with Crippen molar-refractivity contribution in [3.63, 3.8) is 0 Å². The Bertz CT molecular complexity index is 300. The molecule has 0 atom stereocenters. The zero-order valence-corrected chi connectivity index (χ0v) is 8.72. The molecule has 0 bridgehead atoms. The molecule has 13 heavy (non-hydrogen) atoms. The summed E-state index contributed by atoms with van der Waals surface area (Å²) in [5.74, 6) is -0.514. The Balaban J connectivity index is 0.000000671. The molecule has 1 aromatic rings. The van der Waals surface area contributed by atoms with Crippen molar-refractivity contribution < 1.29 is 4.79 Å². The van der Waals surface area contributed by atoms with Gasteiger partial charge >= 0.3 is 0 Å². The molecule has 0 saturated heterocycles. The van der Waals surface area contributed by atoms with Gasteiger partial charge in [0.05, 0.1) is 16.3 Å². The first kappa shape index (κ1) is 11.9. The summed E-state index contributed by atoms with van der Waals surface area (Å²) in [5.41, 5.74) is 6.02. The lowest BCUT2D eigenvalue weighted by Crippen LogP contribution is -2.11. The number of carbonyl (C=O) groups is 1. The van der Waals surface area contributed by atoms with Gasteiger partial charge in [-0.05, 0) is 13.0 Å². The van der Waals surface area contributed by atoms with Crippen LogP contribution in [0.2, 0.25) is 5.02 Å². The van der Waals surface area contributed by atoms with E-state index >= 15 is 0 Å². The molecule has 0 spiro atoms. The molecule has 4 heteroatoms. The average Bonchev–Trinajstić information content (AvgIpc) is 2.13. The van der Waals surface area contributed by atoms with Gasteiger partial charge in [0.25, 0.3) is 0 Å². The fourth-order valence-corrected chi connectivity index (χ4v) is 0.807. The molecule has 0 aromatic carbocycles. The number of aryl methyl sites for hydroxylation is 1. The maximum absolute atomic E-state index is 10.6. The summed E-state index contributed by atoms with van der Waals surface area (Å²) in [6.45, 7) is 5.76. The van der Waals surface area contributed by atoms with Crippen molar-refractivity contribution in [1.29, 1.82) is 0 Å². The molecule has 0 aliphatic carbocycles. The quantitative estimate of drug-likeness (QED) is 0.756. The van der Waals surface area contributed by atoms with Crippen LogP contribution in [0.25, 0.3) is 0 Å². The van der Waals surface area contributed by atoms with Crippen LogP contribution in [-0.4, -0.2) is 10.9 Å². The average molecular weight is 201 g/mol. The molecular weight excluding hydrogens is 188 g/mol. The Kier molecular flexibility index (Phi) is 5.07. The molecule has 2 N–H and O–H groups in total. The second-order valence-electron chi connectivity index (χ2n) is 2.16. The lowest BCUT2D eigenvalue weighted by Gasteiger charge is -1.97. The fraction of sp³-hybridized carbons (Fsp3) is 0.333. The Morgan fingerprint density at radius 2 is 2.08 bits per heavy atom. The molecule has 72 valence electrons.